The van der Waals surface area contributed by atoms with E-state index in [-0.39, 0.29) is 0 Å². The van der Waals surface area contributed by atoms with Crippen LogP contribution in [0.3, 0.4) is 0 Å². The normalized spacial score (nSPS) is 13.9. The van der Waals surface area contributed by atoms with Gasteiger partial charge in [-0.25, -0.2) is 9.97 Å². The Hall–Kier alpha value is -4.82. The van der Waals surface area contributed by atoms with E-state index in [0.29, 0.717) is 36.1 Å². The van der Waals surface area contributed by atoms with Gasteiger partial charge in [0, 0.05) is 23.9 Å². The van der Waals surface area contributed by atoms with Gasteiger partial charge in [0.25, 0.3) is 0 Å². The largest absolute Gasteiger partial charge is 0.378 e. The van der Waals surface area contributed by atoms with Crippen molar-refractivity contribution < 1.29 is 4.74 Å². The molecule has 0 unspecified atom stereocenters. The Bertz CT molecular complexity index is 1950. The molecule has 0 aliphatic carbocycles. The van der Waals surface area contributed by atoms with Crippen molar-refractivity contribution in [3.05, 3.63) is 90.4 Å². The van der Waals surface area contributed by atoms with Crippen LogP contribution in [-0.4, -0.2) is 55.4 Å². The van der Waals surface area contributed by atoms with Crippen LogP contribution in [0, 0.1) is 13.8 Å². The molecule has 5 heterocycles. The van der Waals surface area contributed by atoms with Gasteiger partial charge in [0.1, 0.15) is 0 Å². The predicted molar refractivity (Wildman–Crippen MR) is 161 cm³/mol. The minimum atomic E-state index is 0.528. The number of anilines is 1. The Morgan fingerprint density at radius 1 is 0.775 bits per heavy atom. The molecule has 0 spiro atoms. The SMILES string of the molecule is C=Cc1c(C)c2ccccc2n1-c1cnc2c(N3CCOCC3)nc(-n3c(C=C)c(C)c4ccccc43)nc2n1. The number of morpholine rings is 1. The number of aromatic nitrogens is 6. The van der Waals surface area contributed by atoms with E-state index in [0.717, 1.165) is 63.2 Å². The summed E-state index contributed by atoms with van der Waals surface area (Å²) in [7, 11) is 0. The van der Waals surface area contributed by atoms with Crippen molar-refractivity contribution in [2.24, 2.45) is 0 Å². The van der Waals surface area contributed by atoms with Crippen LogP contribution in [0.4, 0.5) is 5.82 Å². The minimum absolute atomic E-state index is 0.528. The van der Waals surface area contributed by atoms with Crippen LogP contribution in [0.25, 0.3) is 56.9 Å². The monoisotopic (exact) mass is 527 g/mol. The van der Waals surface area contributed by atoms with Gasteiger partial charge in [0.15, 0.2) is 22.8 Å². The van der Waals surface area contributed by atoms with Crippen molar-refractivity contribution in [1.82, 2.24) is 29.1 Å². The fourth-order valence-corrected chi connectivity index (χ4v) is 5.87. The first-order valence-electron chi connectivity index (χ1n) is 13.4. The molecule has 6 aromatic rings. The highest BCUT2D eigenvalue weighted by molar-refractivity contribution is 5.92. The summed E-state index contributed by atoms with van der Waals surface area (Å²) >= 11 is 0. The molecule has 0 amide bonds. The van der Waals surface area contributed by atoms with Gasteiger partial charge in [0.2, 0.25) is 5.95 Å². The van der Waals surface area contributed by atoms with E-state index in [1.807, 2.05) is 36.4 Å². The van der Waals surface area contributed by atoms with E-state index >= 15 is 0 Å². The lowest BCUT2D eigenvalue weighted by Crippen LogP contribution is -2.37. The first kappa shape index (κ1) is 24.2. The summed E-state index contributed by atoms with van der Waals surface area (Å²) in [4.78, 5) is 22.4. The van der Waals surface area contributed by atoms with E-state index in [1.165, 1.54) is 0 Å². The highest BCUT2D eigenvalue weighted by Gasteiger charge is 2.23. The van der Waals surface area contributed by atoms with Crippen LogP contribution in [0.15, 0.2) is 67.9 Å². The molecule has 1 aliphatic heterocycles. The molecule has 198 valence electrons. The molecule has 7 rings (SSSR count). The summed E-state index contributed by atoms with van der Waals surface area (Å²) in [6.45, 7) is 15.1. The number of fused-ring (bicyclic) bond motifs is 3. The fourth-order valence-electron chi connectivity index (χ4n) is 5.87. The third-order valence-corrected chi connectivity index (χ3v) is 7.84. The van der Waals surface area contributed by atoms with Crippen molar-refractivity contribution in [3.63, 3.8) is 0 Å². The average molecular weight is 528 g/mol. The van der Waals surface area contributed by atoms with E-state index in [9.17, 15) is 0 Å². The number of ether oxygens (including phenoxy) is 1. The van der Waals surface area contributed by atoms with Gasteiger partial charge >= 0.3 is 0 Å². The molecule has 4 aromatic heterocycles. The number of para-hydroxylation sites is 2. The third kappa shape index (κ3) is 3.56. The minimum Gasteiger partial charge on any atom is -0.378 e. The van der Waals surface area contributed by atoms with Gasteiger partial charge in [-0.2, -0.15) is 9.97 Å². The first-order valence-corrected chi connectivity index (χ1v) is 13.4. The highest BCUT2D eigenvalue weighted by atomic mass is 16.5. The molecule has 0 N–H and O–H groups in total. The molecule has 40 heavy (non-hydrogen) atoms. The lowest BCUT2D eigenvalue weighted by Gasteiger charge is -2.28. The Kier molecular flexibility index (Phi) is 5.71. The quantitative estimate of drug-likeness (QED) is 0.272. The Balaban J connectivity index is 1.53. The molecule has 8 heteroatoms. The molecule has 0 saturated carbocycles. The molecule has 2 aromatic carbocycles. The van der Waals surface area contributed by atoms with E-state index in [4.69, 9.17) is 24.7 Å². The van der Waals surface area contributed by atoms with E-state index in [1.54, 1.807) is 6.20 Å². The Morgan fingerprint density at radius 3 is 2.02 bits per heavy atom. The second kappa shape index (κ2) is 9.43. The van der Waals surface area contributed by atoms with Gasteiger partial charge in [0.05, 0.1) is 41.8 Å². The van der Waals surface area contributed by atoms with Crippen LogP contribution in [0.1, 0.15) is 22.5 Å². The number of rotatable bonds is 5. The predicted octanol–water partition coefficient (Wildman–Crippen LogP) is 6.05. The first-order chi connectivity index (χ1) is 19.6. The standard InChI is InChI=1S/C32H29N7O/c1-5-24-20(3)22-11-7-9-13-26(22)38(24)28-19-33-29-30(34-28)35-32(36-31(29)37-15-17-40-18-16-37)39-25(6-2)21(4)23-12-8-10-14-27(23)39/h5-14,19H,1-2,15-18H2,3-4H3. The lowest BCUT2D eigenvalue weighted by molar-refractivity contribution is 0.122. The molecule has 1 aliphatic rings. The van der Waals surface area contributed by atoms with Crippen LogP contribution in [0.2, 0.25) is 0 Å². The van der Waals surface area contributed by atoms with Crippen molar-refractivity contribution in [3.8, 4) is 11.8 Å². The van der Waals surface area contributed by atoms with Crippen molar-refractivity contribution in [1.29, 1.82) is 0 Å². The van der Waals surface area contributed by atoms with Gasteiger partial charge in [-0.1, -0.05) is 49.6 Å². The van der Waals surface area contributed by atoms with Crippen molar-refractivity contribution >= 4 is 50.9 Å². The molecule has 1 fully saturated rings. The Morgan fingerprint density at radius 2 is 1.38 bits per heavy atom. The van der Waals surface area contributed by atoms with Crippen LogP contribution in [0.5, 0.6) is 0 Å². The fraction of sp³-hybridized carbons (Fsp3) is 0.188. The van der Waals surface area contributed by atoms with Crippen LogP contribution < -0.4 is 4.90 Å². The molecule has 0 bridgehead atoms. The second-order valence-corrected chi connectivity index (χ2v) is 9.98. The Labute approximate surface area is 231 Å². The number of hydrogen-bond acceptors (Lipinski definition) is 6. The second-order valence-electron chi connectivity index (χ2n) is 9.98. The van der Waals surface area contributed by atoms with Gasteiger partial charge in [-0.15, -0.1) is 0 Å². The molecular weight excluding hydrogens is 498 g/mol. The summed E-state index contributed by atoms with van der Waals surface area (Å²) in [6, 6.07) is 16.6. The van der Waals surface area contributed by atoms with Gasteiger partial charge < -0.3 is 9.64 Å². The zero-order valence-electron chi connectivity index (χ0n) is 22.6. The zero-order chi connectivity index (χ0) is 27.4. The van der Waals surface area contributed by atoms with Gasteiger partial charge in [-0.05, 0) is 49.3 Å². The number of benzene rings is 2. The van der Waals surface area contributed by atoms with Gasteiger partial charge in [-0.3, -0.25) is 9.13 Å². The lowest BCUT2D eigenvalue weighted by atomic mass is 10.1. The third-order valence-electron chi connectivity index (χ3n) is 7.84. The summed E-state index contributed by atoms with van der Waals surface area (Å²) < 4.78 is 9.81. The molecule has 0 radical (unpaired) electrons. The molecule has 0 atom stereocenters. The van der Waals surface area contributed by atoms with E-state index < -0.39 is 0 Å². The number of nitrogens with zero attached hydrogens (tertiary/aromatic N) is 7. The highest BCUT2D eigenvalue weighted by Crippen LogP contribution is 2.33. The average Bonchev–Trinajstić information content (AvgIpc) is 3.46. The maximum atomic E-state index is 5.64. The summed E-state index contributed by atoms with van der Waals surface area (Å²) in [5.41, 5.74) is 7.48. The molecule has 1 saturated heterocycles. The number of aryl methyl sites for hydroxylation is 2. The zero-order valence-corrected chi connectivity index (χ0v) is 22.6. The number of hydrogen-bond donors (Lipinski definition) is 0. The summed E-state index contributed by atoms with van der Waals surface area (Å²) in [6.07, 6.45) is 5.54. The summed E-state index contributed by atoms with van der Waals surface area (Å²) in [5, 5.41) is 2.29. The maximum Gasteiger partial charge on any atom is 0.238 e. The topological polar surface area (TPSA) is 73.9 Å². The maximum absolute atomic E-state index is 5.64. The van der Waals surface area contributed by atoms with Crippen LogP contribution in [-0.2, 0) is 4.74 Å². The van der Waals surface area contributed by atoms with Crippen molar-refractivity contribution in [2.75, 3.05) is 31.2 Å². The van der Waals surface area contributed by atoms with E-state index in [2.05, 4.69) is 65.3 Å². The van der Waals surface area contributed by atoms with Crippen LogP contribution >= 0.6 is 0 Å². The van der Waals surface area contributed by atoms with Crippen molar-refractivity contribution in [2.45, 2.75) is 13.8 Å². The smallest absolute Gasteiger partial charge is 0.238 e. The summed E-state index contributed by atoms with van der Waals surface area (Å²) in [5.74, 6) is 1.98. The molecular formula is C32H29N7O. The molecule has 8 nitrogen and oxygen atoms in total.